The normalized spacial score (nSPS) is 15.1. The molecule has 0 fully saturated rings. The van der Waals surface area contributed by atoms with E-state index in [9.17, 15) is 0 Å². The van der Waals surface area contributed by atoms with Gasteiger partial charge in [-0.2, -0.15) is 0 Å². The number of hydrogen-bond acceptors (Lipinski definition) is 0. The number of hydrogen-bond donors (Lipinski definition) is 1. The van der Waals surface area contributed by atoms with E-state index in [0.29, 0.717) is 22.0 Å². The van der Waals surface area contributed by atoms with Crippen LogP contribution in [0.4, 0.5) is 0 Å². The van der Waals surface area contributed by atoms with Gasteiger partial charge in [-0.25, -0.2) is 0 Å². The van der Waals surface area contributed by atoms with Gasteiger partial charge in [-0.1, -0.05) is 54.5 Å². The molecule has 0 radical (unpaired) electrons. The van der Waals surface area contributed by atoms with E-state index in [4.69, 9.17) is 8.22 Å². The number of aromatic nitrogens is 2. The van der Waals surface area contributed by atoms with E-state index in [-0.39, 0.29) is 41.8 Å². The van der Waals surface area contributed by atoms with Crippen molar-refractivity contribution in [3.8, 4) is 5.69 Å². The first-order valence-electron chi connectivity index (χ1n) is 11.4. The third-order valence-corrected chi connectivity index (χ3v) is 4.89. The van der Waals surface area contributed by atoms with Crippen LogP contribution in [0.3, 0.4) is 0 Å². The van der Waals surface area contributed by atoms with Gasteiger partial charge in [0.1, 0.15) is 0 Å². The molecule has 2 heteroatoms. The van der Waals surface area contributed by atoms with E-state index in [0.717, 1.165) is 21.8 Å². The number of nitrogens with zero attached hydrogens (tertiary/aromatic N) is 1. The number of para-hydroxylation sites is 3. The Kier molecular flexibility index (Phi) is 1.78. The molecule has 6 aromatic rings. The van der Waals surface area contributed by atoms with Crippen molar-refractivity contribution in [2.45, 2.75) is 0 Å². The summed E-state index contributed by atoms with van der Waals surface area (Å²) in [7, 11) is 0. The quantitative estimate of drug-likeness (QED) is 0.357. The summed E-state index contributed by atoms with van der Waals surface area (Å²) in [6.45, 7) is 0. The second-order valence-electron chi connectivity index (χ2n) is 6.31. The van der Waals surface area contributed by atoms with E-state index in [2.05, 4.69) is 4.98 Å². The smallest absolute Gasteiger partial charge is 0.0646 e. The summed E-state index contributed by atoms with van der Waals surface area (Å²) in [5.41, 5.74) is 2.89. The van der Waals surface area contributed by atoms with Crippen LogP contribution in [0.1, 0.15) is 8.22 Å². The maximum atomic E-state index is 8.77. The number of benzene rings is 4. The molecule has 26 heavy (non-hydrogen) atoms. The SMILES string of the molecule is [2H]c1c(-n2c3ccccc3c3ccccc32)cc2c([nH]c3c([2H])c([2H])c([2H])c([2H])c32)c1[2H]. The molecule has 4 aromatic carbocycles. The van der Waals surface area contributed by atoms with Crippen LogP contribution in [0.15, 0.2) is 90.9 Å². The van der Waals surface area contributed by atoms with Gasteiger partial charge < -0.3 is 9.55 Å². The van der Waals surface area contributed by atoms with Crippen LogP contribution in [0, 0.1) is 0 Å². The number of nitrogens with one attached hydrogen (secondary N) is 1. The molecule has 0 aliphatic carbocycles. The lowest BCUT2D eigenvalue weighted by molar-refractivity contribution is 1.19. The lowest BCUT2D eigenvalue weighted by Gasteiger charge is -2.08. The molecule has 0 saturated carbocycles. The summed E-state index contributed by atoms with van der Waals surface area (Å²) in [5, 5.41) is 2.91. The predicted octanol–water partition coefficient (Wildman–Crippen LogP) is 6.42. The van der Waals surface area contributed by atoms with Crippen molar-refractivity contribution in [2.24, 2.45) is 0 Å². The minimum atomic E-state index is -0.325. The largest absolute Gasteiger partial charge is 0.355 e. The lowest BCUT2D eigenvalue weighted by Crippen LogP contribution is -1.93. The van der Waals surface area contributed by atoms with Crippen molar-refractivity contribution in [1.82, 2.24) is 9.55 Å². The van der Waals surface area contributed by atoms with Crippen molar-refractivity contribution in [2.75, 3.05) is 0 Å². The predicted molar refractivity (Wildman–Crippen MR) is 110 cm³/mol. The maximum absolute atomic E-state index is 8.77. The molecule has 0 atom stereocenters. The zero-order valence-electron chi connectivity index (χ0n) is 19.6. The van der Waals surface area contributed by atoms with Crippen LogP contribution in [0.25, 0.3) is 49.3 Å². The summed E-state index contributed by atoms with van der Waals surface area (Å²) >= 11 is 0. The Morgan fingerprint density at radius 2 is 1.31 bits per heavy atom. The Morgan fingerprint density at radius 3 is 2.08 bits per heavy atom. The summed E-state index contributed by atoms with van der Waals surface area (Å²) in [6.07, 6.45) is 0. The fraction of sp³-hybridized carbons (Fsp3) is 0. The van der Waals surface area contributed by atoms with E-state index < -0.39 is 0 Å². The number of H-pyrrole nitrogens is 1. The van der Waals surface area contributed by atoms with Crippen molar-refractivity contribution >= 4 is 43.6 Å². The third kappa shape index (κ3) is 1.76. The van der Waals surface area contributed by atoms with Crippen LogP contribution in [-0.2, 0) is 0 Å². The summed E-state index contributed by atoms with van der Waals surface area (Å²) < 4.78 is 52.2. The minimum absolute atomic E-state index is 0.0193. The summed E-state index contributed by atoms with van der Waals surface area (Å²) in [6, 6.07) is 16.6. The first-order valence-corrected chi connectivity index (χ1v) is 8.40. The van der Waals surface area contributed by atoms with Crippen LogP contribution in [-0.4, -0.2) is 9.55 Å². The third-order valence-electron chi connectivity index (χ3n) is 4.89. The Morgan fingerprint density at radius 1 is 0.654 bits per heavy atom. The van der Waals surface area contributed by atoms with Gasteiger partial charge in [0.15, 0.2) is 0 Å². The van der Waals surface area contributed by atoms with E-state index >= 15 is 0 Å². The van der Waals surface area contributed by atoms with Crippen molar-refractivity contribution in [3.63, 3.8) is 0 Å². The van der Waals surface area contributed by atoms with Gasteiger partial charge in [0.2, 0.25) is 0 Å². The molecule has 0 bridgehead atoms. The Balaban J connectivity index is 1.83. The molecule has 0 amide bonds. The van der Waals surface area contributed by atoms with E-state index in [1.807, 2.05) is 53.1 Å². The highest BCUT2D eigenvalue weighted by Gasteiger charge is 2.12. The van der Waals surface area contributed by atoms with Crippen molar-refractivity contribution < 1.29 is 8.22 Å². The van der Waals surface area contributed by atoms with Gasteiger partial charge in [-0.3, -0.25) is 0 Å². The van der Waals surface area contributed by atoms with Crippen molar-refractivity contribution in [3.05, 3.63) is 90.9 Å². The van der Waals surface area contributed by atoms with Gasteiger partial charge in [0.05, 0.1) is 19.3 Å². The second kappa shape index (κ2) is 4.99. The van der Waals surface area contributed by atoms with Crippen LogP contribution in [0.2, 0.25) is 0 Å². The lowest BCUT2D eigenvalue weighted by atomic mass is 10.1. The fourth-order valence-corrected chi connectivity index (χ4v) is 3.77. The standard InChI is InChI=1S/C24H16N2/c1-4-10-21-17(7-1)20-15-16(13-14-22(20)25-21)26-23-11-5-2-8-18(23)19-9-3-6-12-24(19)26/h1-15,25H/i1D,4D,7D,10D,13D,14D. The van der Waals surface area contributed by atoms with E-state index in [1.54, 1.807) is 6.07 Å². The van der Waals surface area contributed by atoms with Gasteiger partial charge >= 0.3 is 0 Å². The monoisotopic (exact) mass is 338 g/mol. The molecule has 1 N–H and O–H groups in total. The summed E-state index contributed by atoms with van der Waals surface area (Å²) in [5.74, 6) is 0. The molecule has 122 valence electrons. The van der Waals surface area contributed by atoms with Crippen LogP contribution in [0.5, 0.6) is 0 Å². The average Bonchev–Trinajstić information content (AvgIpc) is 3.35. The highest BCUT2D eigenvalue weighted by molar-refractivity contribution is 6.11. The molecule has 0 unspecified atom stereocenters. The molecule has 2 nitrogen and oxygen atoms in total. The highest BCUT2D eigenvalue weighted by Crippen LogP contribution is 2.34. The molecule has 2 aromatic heterocycles. The Bertz CT molecular complexity index is 1690. The second-order valence-corrected chi connectivity index (χ2v) is 6.31. The first-order chi connectivity index (χ1) is 15.4. The number of rotatable bonds is 1. The molecule has 2 heterocycles. The minimum Gasteiger partial charge on any atom is -0.355 e. The first kappa shape index (κ1) is 9.25. The van der Waals surface area contributed by atoms with Crippen LogP contribution < -0.4 is 0 Å². The Labute approximate surface area is 158 Å². The molecule has 0 aliphatic heterocycles. The summed E-state index contributed by atoms with van der Waals surface area (Å²) in [4.78, 5) is 2.98. The highest BCUT2D eigenvalue weighted by atomic mass is 15.0. The average molecular weight is 338 g/mol. The topological polar surface area (TPSA) is 20.7 Å². The number of fused-ring (bicyclic) bond motifs is 6. The van der Waals surface area contributed by atoms with E-state index in [1.165, 1.54) is 0 Å². The fourth-order valence-electron chi connectivity index (χ4n) is 3.77. The molecular weight excluding hydrogens is 316 g/mol. The molecule has 0 spiro atoms. The Hall–Kier alpha value is -3.52. The van der Waals surface area contributed by atoms with Crippen LogP contribution >= 0.6 is 0 Å². The molecule has 0 saturated heterocycles. The van der Waals surface area contributed by atoms with Gasteiger partial charge in [0.25, 0.3) is 0 Å². The zero-order valence-corrected chi connectivity index (χ0v) is 13.6. The maximum Gasteiger partial charge on any atom is 0.0646 e. The number of aromatic amines is 1. The van der Waals surface area contributed by atoms with Gasteiger partial charge in [-0.15, -0.1) is 0 Å². The molecule has 0 aliphatic rings. The van der Waals surface area contributed by atoms with Gasteiger partial charge in [-0.05, 0) is 36.3 Å². The van der Waals surface area contributed by atoms with Gasteiger partial charge in [0, 0.05) is 38.3 Å². The molecular formula is C24H16N2. The van der Waals surface area contributed by atoms with Crippen molar-refractivity contribution in [1.29, 1.82) is 0 Å². The molecule has 6 rings (SSSR count). The zero-order chi connectivity index (χ0) is 22.3.